The van der Waals surface area contributed by atoms with Crippen LogP contribution in [0.4, 0.5) is 4.39 Å². The summed E-state index contributed by atoms with van der Waals surface area (Å²) in [6, 6.07) is 4.57. The Kier molecular flexibility index (Phi) is 4.80. The summed E-state index contributed by atoms with van der Waals surface area (Å²) >= 11 is 0. The number of nitrogens with two attached hydrogens (primary N) is 1. The lowest BCUT2D eigenvalue weighted by Gasteiger charge is -2.22. The first kappa shape index (κ1) is 15.7. The van der Waals surface area contributed by atoms with Gasteiger partial charge in [-0.3, -0.25) is 4.90 Å². The van der Waals surface area contributed by atoms with Gasteiger partial charge >= 0.3 is 0 Å². The number of hydrogen-bond donors (Lipinski definition) is 3. The highest BCUT2D eigenvalue weighted by Crippen LogP contribution is 2.23. The molecule has 4 N–H and O–H groups in total. The van der Waals surface area contributed by atoms with Crippen LogP contribution in [0.3, 0.4) is 0 Å². The van der Waals surface area contributed by atoms with E-state index in [0.29, 0.717) is 24.1 Å². The third-order valence-corrected chi connectivity index (χ3v) is 4.01. The maximum Gasteiger partial charge on any atom is 0.170 e. The largest absolute Gasteiger partial charge is 0.409 e. The van der Waals surface area contributed by atoms with Gasteiger partial charge in [-0.25, -0.2) is 4.39 Å². The van der Waals surface area contributed by atoms with E-state index in [2.05, 4.69) is 10.1 Å². The highest BCUT2D eigenvalue weighted by molar-refractivity contribution is 5.97. The Bertz CT molecular complexity index is 532. The van der Waals surface area contributed by atoms with Gasteiger partial charge in [-0.05, 0) is 38.8 Å². The molecule has 1 aliphatic rings. The fraction of sp³-hybridized carbons (Fsp3) is 0.533. The molecular formula is C15H22FN3O2. The lowest BCUT2D eigenvalue weighted by molar-refractivity contribution is 0.0444. The standard InChI is InChI=1S/C15H22FN3O2/c1-15(20)5-2-7-19(8-6-15)10-12-4-3-11(9-13(12)16)14(17)18-21/h3-4,9,20-21H,2,5-8,10H2,1H3,(H2,17,18). The summed E-state index contributed by atoms with van der Waals surface area (Å²) in [5.74, 6) is -0.471. The minimum Gasteiger partial charge on any atom is -0.409 e. The highest BCUT2D eigenvalue weighted by atomic mass is 19.1. The summed E-state index contributed by atoms with van der Waals surface area (Å²) < 4.78 is 14.1. The van der Waals surface area contributed by atoms with Crippen molar-refractivity contribution in [2.75, 3.05) is 13.1 Å². The molecule has 116 valence electrons. The van der Waals surface area contributed by atoms with Crippen LogP contribution in [0.2, 0.25) is 0 Å². The van der Waals surface area contributed by atoms with E-state index < -0.39 is 5.60 Å². The molecule has 0 spiro atoms. The van der Waals surface area contributed by atoms with Crippen molar-refractivity contribution in [1.29, 1.82) is 0 Å². The van der Waals surface area contributed by atoms with E-state index in [1.165, 1.54) is 6.07 Å². The average Bonchev–Trinajstić information content (AvgIpc) is 2.61. The van der Waals surface area contributed by atoms with Crippen LogP contribution in [-0.2, 0) is 6.54 Å². The minimum atomic E-state index is -0.622. The van der Waals surface area contributed by atoms with E-state index in [-0.39, 0.29) is 11.7 Å². The molecule has 1 fully saturated rings. The van der Waals surface area contributed by atoms with Gasteiger partial charge in [-0.15, -0.1) is 0 Å². The molecule has 0 radical (unpaired) electrons. The Balaban J connectivity index is 2.06. The van der Waals surface area contributed by atoms with Crippen molar-refractivity contribution in [3.63, 3.8) is 0 Å². The van der Waals surface area contributed by atoms with Crippen LogP contribution in [0.15, 0.2) is 23.4 Å². The van der Waals surface area contributed by atoms with Gasteiger partial charge in [0.15, 0.2) is 5.84 Å². The Labute approximate surface area is 123 Å². The van der Waals surface area contributed by atoms with Gasteiger partial charge in [-0.2, -0.15) is 0 Å². The van der Waals surface area contributed by atoms with Gasteiger partial charge in [-0.1, -0.05) is 17.3 Å². The first-order valence-corrected chi connectivity index (χ1v) is 7.12. The van der Waals surface area contributed by atoms with Gasteiger partial charge in [0.25, 0.3) is 0 Å². The monoisotopic (exact) mass is 295 g/mol. The molecule has 21 heavy (non-hydrogen) atoms. The van der Waals surface area contributed by atoms with Gasteiger partial charge < -0.3 is 16.0 Å². The van der Waals surface area contributed by atoms with E-state index in [0.717, 1.165) is 25.9 Å². The molecule has 5 nitrogen and oxygen atoms in total. The molecule has 1 saturated heterocycles. The average molecular weight is 295 g/mol. The van der Waals surface area contributed by atoms with E-state index in [9.17, 15) is 9.50 Å². The summed E-state index contributed by atoms with van der Waals surface area (Å²) in [7, 11) is 0. The molecule has 1 aromatic rings. The Morgan fingerprint density at radius 1 is 1.43 bits per heavy atom. The van der Waals surface area contributed by atoms with Gasteiger partial charge in [0, 0.05) is 24.2 Å². The summed E-state index contributed by atoms with van der Waals surface area (Å²) in [5.41, 5.74) is 5.76. The van der Waals surface area contributed by atoms with E-state index in [1.54, 1.807) is 12.1 Å². The molecule has 0 amide bonds. The molecule has 1 aliphatic heterocycles. The molecule has 1 atom stereocenters. The third-order valence-electron chi connectivity index (χ3n) is 4.01. The van der Waals surface area contributed by atoms with Crippen molar-refractivity contribution < 1.29 is 14.7 Å². The van der Waals surface area contributed by atoms with Crippen LogP contribution >= 0.6 is 0 Å². The molecule has 1 heterocycles. The van der Waals surface area contributed by atoms with Gasteiger partial charge in [0.05, 0.1) is 5.60 Å². The van der Waals surface area contributed by atoms with E-state index in [4.69, 9.17) is 10.9 Å². The Morgan fingerprint density at radius 2 is 2.19 bits per heavy atom. The van der Waals surface area contributed by atoms with Gasteiger partial charge in [0.2, 0.25) is 0 Å². The Hall–Kier alpha value is -1.66. The molecule has 0 aromatic heterocycles. The van der Waals surface area contributed by atoms with Crippen molar-refractivity contribution in [3.8, 4) is 0 Å². The summed E-state index contributed by atoms with van der Waals surface area (Å²) in [6.07, 6.45) is 2.36. The molecule has 2 rings (SSSR count). The zero-order valence-corrected chi connectivity index (χ0v) is 12.2. The summed E-state index contributed by atoms with van der Waals surface area (Å²) in [5, 5.41) is 21.5. The first-order chi connectivity index (χ1) is 9.91. The van der Waals surface area contributed by atoms with Crippen molar-refractivity contribution in [2.24, 2.45) is 10.9 Å². The number of amidine groups is 1. The van der Waals surface area contributed by atoms with Crippen molar-refractivity contribution >= 4 is 5.84 Å². The summed E-state index contributed by atoms with van der Waals surface area (Å²) in [4.78, 5) is 2.14. The topological polar surface area (TPSA) is 82.1 Å². The second kappa shape index (κ2) is 6.41. The number of aliphatic hydroxyl groups is 1. The van der Waals surface area contributed by atoms with Crippen LogP contribution in [0.1, 0.15) is 37.3 Å². The predicted molar refractivity (Wildman–Crippen MR) is 78.7 cm³/mol. The second-order valence-electron chi connectivity index (χ2n) is 5.92. The van der Waals surface area contributed by atoms with Crippen LogP contribution in [0, 0.1) is 5.82 Å². The van der Waals surface area contributed by atoms with E-state index >= 15 is 0 Å². The number of halogens is 1. The molecule has 0 saturated carbocycles. The van der Waals surface area contributed by atoms with Crippen molar-refractivity contribution in [1.82, 2.24) is 4.90 Å². The van der Waals surface area contributed by atoms with Crippen LogP contribution in [0.5, 0.6) is 0 Å². The molecular weight excluding hydrogens is 273 g/mol. The molecule has 1 aromatic carbocycles. The number of likely N-dealkylation sites (tertiary alicyclic amines) is 1. The van der Waals surface area contributed by atoms with Crippen LogP contribution in [0.25, 0.3) is 0 Å². The SMILES string of the molecule is CC1(O)CCCN(Cc2ccc(/C(N)=N/O)cc2F)CC1. The predicted octanol–water partition coefficient (Wildman–Crippen LogP) is 1.66. The highest BCUT2D eigenvalue weighted by Gasteiger charge is 2.25. The zero-order valence-electron chi connectivity index (χ0n) is 12.2. The number of hydrogen-bond acceptors (Lipinski definition) is 4. The normalized spacial score (nSPS) is 24.8. The van der Waals surface area contributed by atoms with Crippen LogP contribution < -0.4 is 5.73 Å². The number of rotatable bonds is 3. The fourth-order valence-electron chi connectivity index (χ4n) is 2.61. The van der Waals surface area contributed by atoms with Crippen molar-refractivity contribution in [3.05, 3.63) is 35.1 Å². The molecule has 0 aliphatic carbocycles. The quantitative estimate of drug-likeness (QED) is 0.343. The molecule has 0 bridgehead atoms. The lowest BCUT2D eigenvalue weighted by Crippen LogP contribution is -2.28. The zero-order chi connectivity index (χ0) is 15.5. The maximum absolute atomic E-state index is 14.1. The number of nitrogens with zero attached hydrogens (tertiary/aromatic N) is 2. The first-order valence-electron chi connectivity index (χ1n) is 7.12. The summed E-state index contributed by atoms with van der Waals surface area (Å²) in [6.45, 7) is 3.94. The molecule has 1 unspecified atom stereocenters. The van der Waals surface area contributed by atoms with Crippen molar-refractivity contribution in [2.45, 2.75) is 38.3 Å². The fourth-order valence-corrected chi connectivity index (χ4v) is 2.61. The van der Waals surface area contributed by atoms with E-state index in [1.807, 2.05) is 6.92 Å². The third kappa shape index (κ3) is 4.15. The number of benzene rings is 1. The van der Waals surface area contributed by atoms with Crippen LogP contribution in [-0.4, -0.2) is 39.7 Å². The number of oxime groups is 1. The maximum atomic E-state index is 14.1. The second-order valence-corrected chi connectivity index (χ2v) is 5.92. The van der Waals surface area contributed by atoms with Gasteiger partial charge in [0.1, 0.15) is 5.82 Å². The smallest absolute Gasteiger partial charge is 0.170 e. The Morgan fingerprint density at radius 3 is 2.86 bits per heavy atom. The lowest BCUT2D eigenvalue weighted by atomic mass is 9.98. The minimum absolute atomic E-state index is 0.105. The molecule has 6 heteroatoms.